The Balaban J connectivity index is 2.93. The van der Waals surface area contributed by atoms with E-state index in [1.807, 2.05) is 19.0 Å². The molecule has 0 saturated carbocycles. The van der Waals surface area contributed by atoms with Crippen LogP contribution in [0.4, 0.5) is 0 Å². The number of methoxy groups -OCH3 is 1. The second-order valence-electron chi connectivity index (χ2n) is 4.00. The lowest BCUT2D eigenvalue weighted by Gasteiger charge is -2.11. The van der Waals surface area contributed by atoms with Gasteiger partial charge < -0.3 is 9.64 Å². The zero-order chi connectivity index (χ0) is 12.8. The number of aromatic nitrogens is 2. The number of nitrogens with zero attached hydrogens (tertiary/aromatic N) is 3. The third kappa shape index (κ3) is 3.42. The van der Waals surface area contributed by atoms with Gasteiger partial charge in [-0.1, -0.05) is 6.08 Å². The van der Waals surface area contributed by atoms with Gasteiger partial charge in [-0.2, -0.15) is 5.10 Å². The van der Waals surface area contributed by atoms with Crippen LogP contribution >= 0.6 is 0 Å². The molecule has 1 aromatic heterocycles. The van der Waals surface area contributed by atoms with Crippen LogP contribution in [0, 0.1) is 0 Å². The predicted octanol–water partition coefficient (Wildman–Crippen LogP) is 1.21. The van der Waals surface area contributed by atoms with E-state index in [9.17, 15) is 4.79 Å². The maximum absolute atomic E-state index is 11.9. The van der Waals surface area contributed by atoms with Crippen LogP contribution in [-0.2, 0) is 6.54 Å². The molecule has 0 amide bonds. The summed E-state index contributed by atoms with van der Waals surface area (Å²) in [7, 11) is 5.50. The van der Waals surface area contributed by atoms with E-state index >= 15 is 0 Å². The summed E-state index contributed by atoms with van der Waals surface area (Å²) < 4.78 is 6.83. The minimum absolute atomic E-state index is 0.0203. The Bertz CT molecular complexity index is 396. The quantitative estimate of drug-likeness (QED) is 0.528. The molecule has 94 valence electrons. The van der Waals surface area contributed by atoms with Crippen LogP contribution in [-0.4, -0.2) is 48.2 Å². The van der Waals surface area contributed by atoms with Crippen LogP contribution in [0.25, 0.3) is 0 Å². The predicted molar refractivity (Wildman–Crippen MR) is 66.5 cm³/mol. The van der Waals surface area contributed by atoms with Crippen LogP contribution < -0.4 is 4.74 Å². The molecule has 5 heteroatoms. The highest BCUT2D eigenvalue weighted by Crippen LogP contribution is 2.19. The average Bonchev–Trinajstić information content (AvgIpc) is 2.69. The van der Waals surface area contributed by atoms with E-state index in [0.717, 1.165) is 6.54 Å². The third-order valence-electron chi connectivity index (χ3n) is 2.38. The number of ether oxygens (including phenoxy) is 1. The van der Waals surface area contributed by atoms with Crippen molar-refractivity contribution in [2.45, 2.75) is 13.0 Å². The first-order chi connectivity index (χ1) is 8.10. The van der Waals surface area contributed by atoms with Gasteiger partial charge in [0.1, 0.15) is 5.69 Å². The van der Waals surface area contributed by atoms with E-state index in [4.69, 9.17) is 4.74 Å². The van der Waals surface area contributed by atoms with Crippen LogP contribution in [0.1, 0.15) is 16.9 Å². The fourth-order valence-electron chi connectivity index (χ4n) is 1.49. The summed E-state index contributed by atoms with van der Waals surface area (Å²) in [6.07, 6.45) is 3.46. The second kappa shape index (κ2) is 6.20. The summed E-state index contributed by atoms with van der Waals surface area (Å²) in [6, 6.07) is 0. The van der Waals surface area contributed by atoms with Crippen LogP contribution in [0.5, 0.6) is 5.75 Å². The van der Waals surface area contributed by atoms with Crippen molar-refractivity contribution in [3.8, 4) is 5.75 Å². The summed E-state index contributed by atoms with van der Waals surface area (Å²) in [5.41, 5.74) is 0.522. The molecule has 5 nitrogen and oxygen atoms in total. The van der Waals surface area contributed by atoms with Gasteiger partial charge in [0.15, 0.2) is 11.5 Å². The summed E-state index contributed by atoms with van der Waals surface area (Å²) in [6.45, 7) is 5.05. The van der Waals surface area contributed by atoms with Gasteiger partial charge in [0.2, 0.25) is 0 Å². The Morgan fingerprint density at radius 2 is 2.35 bits per heavy atom. The molecule has 0 fully saturated rings. The fourth-order valence-corrected chi connectivity index (χ4v) is 1.49. The number of Topliss-reactive ketones (excluding diaryl/α,β-unsaturated/α-hetero) is 1. The highest BCUT2D eigenvalue weighted by Gasteiger charge is 2.18. The van der Waals surface area contributed by atoms with Crippen molar-refractivity contribution in [1.29, 1.82) is 0 Å². The van der Waals surface area contributed by atoms with Crippen molar-refractivity contribution >= 4 is 5.78 Å². The number of likely N-dealkylation sites (N-methyl/N-ethyl adjacent to an activating group) is 1. The highest BCUT2D eigenvalue weighted by atomic mass is 16.5. The van der Waals surface area contributed by atoms with E-state index in [2.05, 4.69) is 11.7 Å². The molecule has 0 aliphatic heterocycles. The Labute approximate surface area is 102 Å². The molecule has 0 aliphatic rings. The van der Waals surface area contributed by atoms with Gasteiger partial charge in [0.05, 0.1) is 19.9 Å². The van der Waals surface area contributed by atoms with Gasteiger partial charge in [-0.05, 0) is 14.1 Å². The number of carbonyl (C=O) groups is 1. The molecule has 17 heavy (non-hydrogen) atoms. The first-order valence-corrected chi connectivity index (χ1v) is 5.48. The summed E-state index contributed by atoms with van der Waals surface area (Å²) in [5.74, 6) is 0.503. The smallest absolute Gasteiger partial charge is 0.188 e. The Morgan fingerprint density at radius 1 is 1.65 bits per heavy atom. The first kappa shape index (κ1) is 13.4. The minimum atomic E-state index is -0.0203. The number of carbonyl (C=O) groups excluding carboxylic acids is 1. The number of ketones is 1. The maximum atomic E-state index is 11.9. The normalized spacial score (nSPS) is 10.6. The van der Waals surface area contributed by atoms with Gasteiger partial charge in [-0.25, -0.2) is 0 Å². The first-order valence-electron chi connectivity index (χ1n) is 5.48. The Morgan fingerprint density at radius 3 is 2.88 bits per heavy atom. The van der Waals surface area contributed by atoms with Crippen LogP contribution in [0.15, 0.2) is 18.9 Å². The molecule has 0 radical (unpaired) electrons. The monoisotopic (exact) mass is 237 g/mol. The lowest BCUT2D eigenvalue weighted by Crippen LogP contribution is -2.21. The number of hydrogen-bond acceptors (Lipinski definition) is 4. The SMILES string of the molecule is C=CCC(=O)c1c(OC)cnn1CCN(C)C. The second-order valence-corrected chi connectivity index (χ2v) is 4.00. The molecule has 0 aromatic carbocycles. The highest BCUT2D eigenvalue weighted by molar-refractivity contribution is 5.97. The molecule has 0 N–H and O–H groups in total. The molecule has 0 aliphatic carbocycles. The molecule has 1 rings (SSSR count). The summed E-state index contributed by atoms with van der Waals surface area (Å²) in [4.78, 5) is 14.0. The molecule has 1 heterocycles. The van der Waals surface area contributed by atoms with E-state index in [-0.39, 0.29) is 5.78 Å². The van der Waals surface area contributed by atoms with Crippen LogP contribution in [0.2, 0.25) is 0 Å². The van der Waals surface area contributed by atoms with Gasteiger partial charge in [-0.3, -0.25) is 9.48 Å². The van der Waals surface area contributed by atoms with Gasteiger partial charge >= 0.3 is 0 Å². The molecule has 0 spiro atoms. The largest absolute Gasteiger partial charge is 0.493 e. The van der Waals surface area contributed by atoms with E-state index in [1.165, 1.54) is 7.11 Å². The maximum Gasteiger partial charge on any atom is 0.188 e. The van der Waals surface area contributed by atoms with E-state index in [0.29, 0.717) is 24.4 Å². The van der Waals surface area contributed by atoms with Gasteiger partial charge in [0, 0.05) is 13.0 Å². The number of allylic oxidation sites excluding steroid dienone is 1. The zero-order valence-electron chi connectivity index (χ0n) is 10.6. The average molecular weight is 237 g/mol. The molecule has 1 aromatic rings. The van der Waals surface area contributed by atoms with Gasteiger partial charge in [-0.15, -0.1) is 6.58 Å². The Hall–Kier alpha value is -1.62. The molecule has 0 saturated heterocycles. The van der Waals surface area contributed by atoms with Crippen molar-refractivity contribution in [1.82, 2.24) is 14.7 Å². The fraction of sp³-hybridized carbons (Fsp3) is 0.500. The molecular weight excluding hydrogens is 218 g/mol. The molecule has 0 atom stereocenters. The lowest BCUT2D eigenvalue weighted by molar-refractivity contribution is 0.0981. The van der Waals surface area contributed by atoms with Crippen LogP contribution in [0.3, 0.4) is 0 Å². The van der Waals surface area contributed by atoms with E-state index in [1.54, 1.807) is 17.0 Å². The zero-order valence-corrected chi connectivity index (χ0v) is 10.6. The lowest BCUT2D eigenvalue weighted by atomic mass is 10.2. The van der Waals surface area contributed by atoms with Crippen molar-refractivity contribution in [3.63, 3.8) is 0 Å². The van der Waals surface area contributed by atoms with Crippen molar-refractivity contribution in [3.05, 3.63) is 24.5 Å². The van der Waals surface area contributed by atoms with E-state index < -0.39 is 0 Å². The number of hydrogen-bond donors (Lipinski definition) is 0. The molecule has 0 bridgehead atoms. The standard InChI is InChI=1S/C12H19N3O2/c1-5-6-10(16)12-11(17-4)9-13-15(12)8-7-14(2)3/h5,9H,1,6-8H2,2-4H3. The summed E-state index contributed by atoms with van der Waals surface area (Å²) in [5, 5.41) is 4.17. The van der Waals surface area contributed by atoms with Gasteiger partial charge in [0.25, 0.3) is 0 Å². The van der Waals surface area contributed by atoms with Crippen molar-refractivity contribution in [2.24, 2.45) is 0 Å². The topological polar surface area (TPSA) is 47.4 Å². The minimum Gasteiger partial charge on any atom is -0.493 e. The van der Waals surface area contributed by atoms with Crippen molar-refractivity contribution in [2.75, 3.05) is 27.7 Å². The molecule has 0 unspecified atom stereocenters. The third-order valence-corrected chi connectivity index (χ3v) is 2.38. The van der Waals surface area contributed by atoms with Crippen molar-refractivity contribution < 1.29 is 9.53 Å². The number of rotatable bonds is 7. The Kier molecular flexibility index (Phi) is 4.90. The summed E-state index contributed by atoms with van der Waals surface area (Å²) >= 11 is 0. The molecular formula is C12H19N3O2.